The zero-order valence-corrected chi connectivity index (χ0v) is 15.0. The molecule has 22 heavy (non-hydrogen) atoms. The molecule has 0 aromatic rings. The first kappa shape index (κ1) is 19.4. The molecule has 0 unspecified atom stereocenters. The van der Waals surface area contributed by atoms with Crippen LogP contribution in [0.15, 0.2) is 0 Å². The SMILES string of the molecule is CC(C)CC[C@H]1COC[C@H](N)C(=O)O[C@@H](C)[C@@H]1CCC(C)C. The highest BCUT2D eigenvalue weighted by atomic mass is 16.5. The third-order valence-corrected chi connectivity index (χ3v) is 4.63. The Bertz CT molecular complexity index is 330. The first-order valence-electron chi connectivity index (χ1n) is 8.85. The molecule has 1 rings (SSSR count). The van der Waals surface area contributed by atoms with Crippen LogP contribution in [0.1, 0.15) is 60.3 Å². The molecule has 1 heterocycles. The number of carbonyl (C=O) groups is 1. The maximum absolute atomic E-state index is 12.0. The Morgan fingerprint density at radius 3 is 2.27 bits per heavy atom. The Morgan fingerprint density at radius 2 is 1.68 bits per heavy atom. The van der Waals surface area contributed by atoms with Crippen LogP contribution in [0.25, 0.3) is 0 Å². The Labute approximate surface area is 136 Å². The molecule has 4 atom stereocenters. The average Bonchev–Trinajstić information content (AvgIpc) is 2.46. The van der Waals surface area contributed by atoms with Gasteiger partial charge in [-0.1, -0.05) is 40.5 Å². The molecule has 2 N–H and O–H groups in total. The van der Waals surface area contributed by atoms with Gasteiger partial charge >= 0.3 is 5.97 Å². The molecule has 1 saturated heterocycles. The van der Waals surface area contributed by atoms with Crippen LogP contribution < -0.4 is 5.73 Å². The van der Waals surface area contributed by atoms with E-state index in [1.54, 1.807) is 0 Å². The summed E-state index contributed by atoms with van der Waals surface area (Å²) in [6.07, 6.45) is 4.44. The lowest BCUT2D eigenvalue weighted by atomic mass is 9.80. The molecular weight excluding hydrogens is 278 g/mol. The molecule has 0 spiro atoms. The van der Waals surface area contributed by atoms with E-state index in [1.807, 2.05) is 6.92 Å². The summed E-state index contributed by atoms with van der Waals surface area (Å²) >= 11 is 0. The van der Waals surface area contributed by atoms with Crippen molar-refractivity contribution in [3.05, 3.63) is 0 Å². The number of rotatable bonds is 6. The summed E-state index contributed by atoms with van der Waals surface area (Å²) in [5.41, 5.74) is 5.82. The van der Waals surface area contributed by atoms with Gasteiger partial charge in [0.05, 0.1) is 6.61 Å². The Kier molecular flexibility index (Phi) is 8.40. The second-order valence-electron chi connectivity index (χ2n) is 7.65. The van der Waals surface area contributed by atoms with Crippen molar-refractivity contribution in [2.45, 2.75) is 72.4 Å². The van der Waals surface area contributed by atoms with E-state index in [4.69, 9.17) is 15.2 Å². The van der Waals surface area contributed by atoms with Crippen molar-refractivity contribution in [2.75, 3.05) is 13.2 Å². The van der Waals surface area contributed by atoms with Gasteiger partial charge in [-0.15, -0.1) is 0 Å². The molecule has 0 radical (unpaired) electrons. The van der Waals surface area contributed by atoms with E-state index in [9.17, 15) is 4.79 Å². The van der Waals surface area contributed by atoms with E-state index in [-0.39, 0.29) is 18.7 Å². The molecule has 130 valence electrons. The predicted molar refractivity (Wildman–Crippen MR) is 89.5 cm³/mol. The van der Waals surface area contributed by atoms with Gasteiger partial charge in [0.25, 0.3) is 0 Å². The molecule has 0 aliphatic carbocycles. The minimum Gasteiger partial charge on any atom is -0.461 e. The highest BCUT2D eigenvalue weighted by Gasteiger charge is 2.32. The van der Waals surface area contributed by atoms with Gasteiger partial charge in [0.1, 0.15) is 12.1 Å². The van der Waals surface area contributed by atoms with E-state index >= 15 is 0 Å². The number of ether oxygens (including phenoxy) is 2. The number of esters is 1. The number of carbonyl (C=O) groups excluding carboxylic acids is 1. The fourth-order valence-corrected chi connectivity index (χ4v) is 3.12. The molecule has 0 aromatic heterocycles. The van der Waals surface area contributed by atoms with Crippen LogP contribution in [0, 0.1) is 23.7 Å². The second kappa shape index (κ2) is 9.51. The van der Waals surface area contributed by atoms with Crippen molar-refractivity contribution in [2.24, 2.45) is 29.4 Å². The molecule has 0 aromatic carbocycles. The van der Waals surface area contributed by atoms with Crippen LogP contribution in [0.5, 0.6) is 0 Å². The maximum atomic E-state index is 12.0. The normalized spacial score (nSPS) is 30.8. The van der Waals surface area contributed by atoms with Crippen LogP contribution in [0.4, 0.5) is 0 Å². The van der Waals surface area contributed by atoms with E-state index < -0.39 is 6.04 Å². The Hall–Kier alpha value is -0.610. The van der Waals surface area contributed by atoms with Gasteiger partial charge in [-0.3, -0.25) is 4.79 Å². The summed E-state index contributed by atoms with van der Waals surface area (Å²) in [4.78, 5) is 12.0. The number of cyclic esters (lactones) is 1. The summed E-state index contributed by atoms with van der Waals surface area (Å²) in [6.45, 7) is 11.9. The quantitative estimate of drug-likeness (QED) is 0.764. The second-order valence-corrected chi connectivity index (χ2v) is 7.65. The predicted octanol–water partition coefficient (Wildman–Crippen LogP) is 3.38. The highest BCUT2D eigenvalue weighted by Crippen LogP contribution is 2.31. The minimum atomic E-state index is -0.656. The maximum Gasteiger partial charge on any atom is 0.325 e. The Morgan fingerprint density at radius 1 is 1.09 bits per heavy atom. The molecule has 1 aliphatic heterocycles. The standard InChI is InChI=1S/C18H35NO3/c1-12(2)6-8-15-10-21-11-17(19)18(20)22-14(5)16(15)9-7-13(3)4/h12-17H,6-11,19H2,1-5H3/t14-,15-,16-,17-/m0/s1. The summed E-state index contributed by atoms with van der Waals surface area (Å²) < 4.78 is 11.4. The summed E-state index contributed by atoms with van der Waals surface area (Å²) in [5, 5.41) is 0. The van der Waals surface area contributed by atoms with Gasteiger partial charge in [-0.25, -0.2) is 0 Å². The molecule has 4 nitrogen and oxygen atoms in total. The first-order chi connectivity index (χ1) is 10.3. The summed E-state index contributed by atoms with van der Waals surface area (Å²) in [6, 6.07) is -0.656. The smallest absolute Gasteiger partial charge is 0.325 e. The third-order valence-electron chi connectivity index (χ3n) is 4.63. The number of hydrogen-bond acceptors (Lipinski definition) is 4. The third kappa shape index (κ3) is 6.66. The Balaban J connectivity index is 2.81. The molecule has 1 fully saturated rings. The highest BCUT2D eigenvalue weighted by molar-refractivity contribution is 5.75. The van der Waals surface area contributed by atoms with Gasteiger partial charge in [0.15, 0.2) is 0 Å². The van der Waals surface area contributed by atoms with Crippen LogP contribution in [0.2, 0.25) is 0 Å². The largest absolute Gasteiger partial charge is 0.461 e. The fraction of sp³-hybridized carbons (Fsp3) is 0.944. The number of hydrogen-bond donors (Lipinski definition) is 1. The van der Waals surface area contributed by atoms with E-state index in [0.717, 1.165) is 19.3 Å². The van der Waals surface area contributed by atoms with Crippen molar-refractivity contribution >= 4 is 5.97 Å². The lowest BCUT2D eigenvalue weighted by Gasteiger charge is -2.31. The zero-order chi connectivity index (χ0) is 16.7. The van der Waals surface area contributed by atoms with Crippen molar-refractivity contribution in [1.29, 1.82) is 0 Å². The van der Waals surface area contributed by atoms with Gasteiger partial charge in [-0.05, 0) is 37.5 Å². The summed E-state index contributed by atoms with van der Waals surface area (Å²) in [7, 11) is 0. The van der Waals surface area contributed by atoms with E-state index in [1.165, 1.54) is 6.42 Å². The van der Waals surface area contributed by atoms with Crippen molar-refractivity contribution in [3.63, 3.8) is 0 Å². The minimum absolute atomic E-state index is 0.0869. The summed E-state index contributed by atoms with van der Waals surface area (Å²) in [5.74, 6) is 1.80. The molecule has 0 amide bonds. The van der Waals surface area contributed by atoms with Crippen LogP contribution in [0.3, 0.4) is 0 Å². The van der Waals surface area contributed by atoms with Crippen LogP contribution in [-0.4, -0.2) is 31.3 Å². The van der Waals surface area contributed by atoms with Crippen molar-refractivity contribution in [1.82, 2.24) is 0 Å². The fourth-order valence-electron chi connectivity index (χ4n) is 3.12. The van der Waals surface area contributed by atoms with E-state index in [0.29, 0.717) is 30.3 Å². The lowest BCUT2D eigenvalue weighted by molar-refractivity contribution is -0.153. The molecule has 0 saturated carbocycles. The van der Waals surface area contributed by atoms with Gasteiger partial charge in [-0.2, -0.15) is 0 Å². The lowest BCUT2D eigenvalue weighted by Crippen LogP contribution is -2.38. The van der Waals surface area contributed by atoms with Gasteiger partial charge in [0.2, 0.25) is 0 Å². The van der Waals surface area contributed by atoms with Crippen LogP contribution >= 0.6 is 0 Å². The molecule has 4 heteroatoms. The first-order valence-corrected chi connectivity index (χ1v) is 8.85. The van der Waals surface area contributed by atoms with Gasteiger partial charge in [0, 0.05) is 12.5 Å². The molecular formula is C18H35NO3. The molecule has 1 aliphatic rings. The van der Waals surface area contributed by atoms with Crippen molar-refractivity contribution < 1.29 is 14.3 Å². The molecule has 0 bridgehead atoms. The van der Waals surface area contributed by atoms with Crippen LogP contribution in [-0.2, 0) is 14.3 Å². The van der Waals surface area contributed by atoms with Gasteiger partial charge < -0.3 is 15.2 Å². The van der Waals surface area contributed by atoms with Crippen molar-refractivity contribution in [3.8, 4) is 0 Å². The zero-order valence-electron chi connectivity index (χ0n) is 15.0. The van der Waals surface area contributed by atoms with E-state index in [2.05, 4.69) is 27.7 Å². The topological polar surface area (TPSA) is 61.5 Å². The average molecular weight is 313 g/mol. The number of nitrogens with two attached hydrogens (primary N) is 1. The monoisotopic (exact) mass is 313 g/mol.